The van der Waals surface area contributed by atoms with Gasteiger partial charge in [-0.25, -0.2) is 0 Å². The van der Waals surface area contributed by atoms with Crippen LogP contribution in [0.3, 0.4) is 0 Å². The van der Waals surface area contributed by atoms with E-state index in [0.717, 1.165) is 13.1 Å². The van der Waals surface area contributed by atoms with Crippen LogP contribution in [0.1, 0.15) is 5.56 Å². The predicted molar refractivity (Wildman–Crippen MR) is 67.3 cm³/mol. The molecular formula is C12H15BrF2N2. The number of hydrogen-bond acceptors (Lipinski definition) is 2. The highest BCUT2D eigenvalue weighted by Gasteiger charge is 2.34. The number of alkyl halides is 2. The second-order valence-corrected chi connectivity index (χ2v) is 5.16. The van der Waals surface area contributed by atoms with Crippen LogP contribution in [0.25, 0.3) is 0 Å². The number of rotatable bonds is 3. The summed E-state index contributed by atoms with van der Waals surface area (Å²) in [6.07, 6.45) is 0. The van der Waals surface area contributed by atoms with Crippen LogP contribution in [-0.2, 0) is 5.92 Å². The molecule has 0 radical (unpaired) electrons. The van der Waals surface area contributed by atoms with Crippen LogP contribution in [0.2, 0.25) is 0 Å². The lowest BCUT2D eigenvalue weighted by Gasteiger charge is -2.30. The number of halogens is 3. The fraction of sp³-hybridized carbons (Fsp3) is 0.500. The third-order valence-corrected chi connectivity index (χ3v) is 3.37. The molecule has 2 rings (SSSR count). The molecule has 0 atom stereocenters. The molecule has 1 saturated heterocycles. The highest BCUT2D eigenvalue weighted by Crippen LogP contribution is 2.30. The van der Waals surface area contributed by atoms with Crippen molar-refractivity contribution in [2.45, 2.75) is 5.92 Å². The van der Waals surface area contributed by atoms with Crippen molar-refractivity contribution in [3.05, 3.63) is 34.3 Å². The largest absolute Gasteiger partial charge is 0.314 e. The first kappa shape index (κ1) is 12.9. The fourth-order valence-electron chi connectivity index (χ4n) is 1.96. The van der Waals surface area contributed by atoms with Crippen LogP contribution in [-0.4, -0.2) is 37.6 Å². The molecule has 1 aromatic carbocycles. The van der Waals surface area contributed by atoms with Crippen molar-refractivity contribution < 1.29 is 8.78 Å². The molecule has 0 saturated carbocycles. The summed E-state index contributed by atoms with van der Waals surface area (Å²) in [5.74, 6) is -2.79. The third kappa shape index (κ3) is 3.47. The van der Waals surface area contributed by atoms with Crippen molar-refractivity contribution in [3.63, 3.8) is 0 Å². The van der Waals surface area contributed by atoms with E-state index in [9.17, 15) is 8.78 Å². The van der Waals surface area contributed by atoms with Gasteiger partial charge in [-0.05, 0) is 12.1 Å². The smallest absolute Gasteiger partial charge is 0.285 e. The molecule has 17 heavy (non-hydrogen) atoms. The van der Waals surface area contributed by atoms with E-state index in [1.165, 1.54) is 12.1 Å². The van der Waals surface area contributed by atoms with Gasteiger partial charge in [0.2, 0.25) is 0 Å². The van der Waals surface area contributed by atoms with Gasteiger partial charge < -0.3 is 5.32 Å². The molecule has 1 aliphatic rings. The number of nitrogens with one attached hydrogen (secondary N) is 1. The molecule has 1 aliphatic heterocycles. The Kier molecular flexibility index (Phi) is 4.12. The number of benzene rings is 1. The van der Waals surface area contributed by atoms with Crippen molar-refractivity contribution in [1.82, 2.24) is 10.2 Å². The lowest BCUT2D eigenvalue weighted by molar-refractivity contribution is -0.0401. The Morgan fingerprint density at radius 3 is 2.65 bits per heavy atom. The van der Waals surface area contributed by atoms with Crippen molar-refractivity contribution in [2.24, 2.45) is 0 Å². The number of nitrogens with zero attached hydrogens (tertiary/aromatic N) is 1. The number of piperazine rings is 1. The van der Waals surface area contributed by atoms with Crippen LogP contribution >= 0.6 is 15.9 Å². The molecule has 0 bridgehead atoms. The zero-order chi connectivity index (χ0) is 12.3. The predicted octanol–water partition coefficient (Wildman–Crippen LogP) is 2.45. The van der Waals surface area contributed by atoms with E-state index in [0.29, 0.717) is 17.6 Å². The fourth-order valence-corrected chi connectivity index (χ4v) is 2.36. The molecule has 1 N–H and O–H groups in total. The first-order valence-corrected chi connectivity index (χ1v) is 6.44. The van der Waals surface area contributed by atoms with E-state index in [1.807, 2.05) is 0 Å². The minimum Gasteiger partial charge on any atom is -0.314 e. The van der Waals surface area contributed by atoms with Gasteiger partial charge >= 0.3 is 0 Å². The normalized spacial score (nSPS) is 18.3. The summed E-state index contributed by atoms with van der Waals surface area (Å²) in [5.41, 5.74) is 0.0745. The monoisotopic (exact) mass is 304 g/mol. The molecule has 5 heteroatoms. The van der Waals surface area contributed by atoms with Gasteiger partial charge in [0.05, 0.1) is 6.54 Å². The van der Waals surface area contributed by atoms with Crippen molar-refractivity contribution in [2.75, 3.05) is 32.7 Å². The lowest BCUT2D eigenvalue weighted by Crippen LogP contribution is -2.47. The van der Waals surface area contributed by atoms with Gasteiger partial charge in [-0.2, -0.15) is 8.78 Å². The summed E-state index contributed by atoms with van der Waals surface area (Å²) in [7, 11) is 0. The molecule has 2 nitrogen and oxygen atoms in total. The van der Waals surface area contributed by atoms with Crippen molar-refractivity contribution >= 4 is 15.9 Å². The maximum atomic E-state index is 14.0. The minimum absolute atomic E-state index is 0.0745. The van der Waals surface area contributed by atoms with Gasteiger partial charge in [0.15, 0.2) is 0 Å². The van der Waals surface area contributed by atoms with Crippen molar-refractivity contribution in [3.8, 4) is 0 Å². The third-order valence-electron chi connectivity index (χ3n) is 2.88. The maximum Gasteiger partial charge on any atom is 0.285 e. The van der Waals surface area contributed by atoms with E-state index >= 15 is 0 Å². The molecule has 0 aromatic heterocycles. The Hall–Kier alpha value is -0.520. The molecule has 1 heterocycles. The summed E-state index contributed by atoms with van der Waals surface area (Å²) in [5, 5.41) is 3.16. The molecule has 1 fully saturated rings. The molecule has 0 amide bonds. The highest BCUT2D eigenvalue weighted by molar-refractivity contribution is 9.10. The summed E-state index contributed by atoms with van der Waals surface area (Å²) < 4.78 is 28.8. The number of hydrogen-bond donors (Lipinski definition) is 1. The second kappa shape index (κ2) is 5.42. The van der Waals surface area contributed by atoms with E-state index in [-0.39, 0.29) is 12.1 Å². The highest BCUT2D eigenvalue weighted by atomic mass is 79.9. The van der Waals surface area contributed by atoms with Crippen LogP contribution in [0, 0.1) is 0 Å². The Morgan fingerprint density at radius 2 is 2.00 bits per heavy atom. The van der Waals surface area contributed by atoms with Crippen LogP contribution < -0.4 is 5.32 Å². The lowest BCUT2D eigenvalue weighted by atomic mass is 10.1. The minimum atomic E-state index is -2.79. The van der Waals surface area contributed by atoms with Crippen LogP contribution in [0.5, 0.6) is 0 Å². The summed E-state index contributed by atoms with van der Waals surface area (Å²) >= 11 is 3.22. The average molecular weight is 305 g/mol. The summed E-state index contributed by atoms with van der Waals surface area (Å²) in [6.45, 7) is 2.74. The first-order valence-electron chi connectivity index (χ1n) is 5.65. The molecule has 0 unspecified atom stereocenters. The molecule has 94 valence electrons. The molecule has 0 spiro atoms. The topological polar surface area (TPSA) is 15.3 Å². The van der Waals surface area contributed by atoms with Gasteiger partial charge in [0.1, 0.15) is 0 Å². The van der Waals surface area contributed by atoms with E-state index in [4.69, 9.17) is 0 Å². The Bertz CT molecular complexity index is 379. The van der Waals surface area contributed by atoms with Gasteiger partial charge in [-0.15, -0.1) is 0 Å². The van der Waals surface area contributed by atoms with E-state index in [2.05, 4.69) is 21.2 Å². The van der Waals surface area contributed by atoms with Crippen LogP contribution in [0.4, 0.5) is 8.78 Å². The molecule has 1 aromatic rings. The van der Waals surface area contributed by atoms with Gasteiger partial charge in [0.25, 0.3) is 5.92 Å². The van der Waals surface area contributed by atoms with Crippen molar-refractivity contribution in [1.29, 1.82) is 0 Å². The quantitative estimate of drug-likeness (QED) is 0.923. The Morgan fingerprint density at radius 1 is 1.29 bits per heavy atom. The summed E-state index contributed by atoms with van der Waals surface area (Å²) in [6, 6.07) is 6.37. The SMILES string of the molecule is FC(F)(CN1CCNCC1)c1cccc(Br)c1. The first-order chi connectivity index (χ1) is 8.08. The zero-order valence-corrected chi connectivity index (χ0v) is 11.0. The zero-order valence-electron chi connectivity index (χ0n) is 9.43. The second-order valence-electron chi connectivity index (χ2n) is 4.24. The van der Waals surface area contributed by atoms with Crippen LogP contribution in [0.15, 0.2) is 28.7 Å². The molecule has 0 aliphatic carbocycles. The Labute approximate surface area is 108 Å². The Balaban J connectivity index is 2.06. The average Bonchev–Trinajstić information content (AvgIpc) is 2.30. The van der Waals surface area contributed by atoms with E-state index < -0.39 is 5.92 Å². The maximum absolute atomic E-state index is 14.0. The standard InChI is InChI=1S/C12H15BrF2N2/c13-11-3-1-2-10(8-11)12(14,15)9-17-6-4-16-5-7-17/h1-3,8,16H,4-7,9H2. The summed E-state index contributed by atoms with van der Waals surface area (Å²) in [4.78, 5) is 1.80. The van der Waals surface area contributed by atoms with Gasteiger partial charge in [-0.1, -0.05) is 28.1 Å². The van der Waals surface area contributed by atoms with Gasteiger partial charge in [-0.3, -0.25) is 4.90 Å². The van der Waals surface area contributed by atoms with Gasteiger partial charge in [0, 0.05) is 36.2 Å². The molecular weight excluding hydrogens is 290 g/mol. The van der Waals surface area contributed by atoms with E-state index in [1.54, 1.807) is 17.0 Å².